The van der Waals surface area contributed by atoms with Crippen LogP contribution in [0.15, 0.2) is 60.8 Å². The summed E-state index contributed by atoms with van der Waals surface area (Å²) in [5, 5.41) is 0. The normalized spacial score (nSPS) is 15.4. The van der Waals surface area contributed by atoms with E-state index in [0.29, 0.717) is 24.2 Å². The number of hydrogen-bond acceptors (Lipinski definition) is 6. The average Bonchev–Trinajstić information content (AvgIpc) is 3.79. The molecule has 0 unspecified atom stereocenters. The van der Waals surface area contributed by atoms with Gasteiger partial charge in [-0.15, -0.1) is 0 Å². The molecule has 2 fully saturated rings. The first-order chi connectivity index (χ1) is 17.3. The zero-order valence-corrected chi connectivity index (χ0v) is 20.5. The van der Waals surface area contributed by atoms with Crippen LogP contribution in [0.5, 0.6) is 11.6 Å². The zero-order valence-electron chi connectivity index (χ0n) is 19.7. The first-order valence-electron chi connectivity index (χ1n) is 12.0. The summed E-state index contributed by atoms with van der Waals surface area (Å²) in [6.07, 6.45) is 5.88. The van der Waals surface area contributed by atoms with Crippen molar-refractivity contribution in [2.45, 2.75) is 32.3 Å². The zero-order chi connectivity index (χ0) is 25.1. The van der Waals surface area contributed by atoms with Crippen molar-refractivity contribution in [3.8, 4) is 22.8 Å². The van der Waals surface area contributed by atoms with E-state index in [0.717, 1.165) is 30.0 Å². The van der Waals surface area contributed by atoms with Crippen molar-refractivity contribution in [1.29, 1.82) is 0 Å². The van der Waals surface area contributed by atoms with Crippen LogP contribution in [0.25, 0.3) is 11.1 Å². The first-order valence-corrected chi connectivity index (χ1v) is 13.7. The van der Waals surface area contributed by atoms with E-state index in [1.807, 2.05) is 35.1 Å². The lowest BCUT2D eigenvalue weighted by molar-refractivity contribution is 0.0981. The SMILES string of the molecule is O=C(NS(=O)(=O)CC1CC1)c1ccc(COc2cccc(-c3ccc(OCC4CC4)nc3)c2)c(F)c1. The van der Waals surface area contributed by atoms with Gasteiger partial charge in [-0.1, -0.05) is 18.2 Å². The largest absolute Gasteiger partial charge is 0.489 e. The Hall–Kier alpha value is -3.46. The van der Waals surface area contributed by atoms with Crippen molar-refractivity contribution in [3.63, 3.8) is 0 Å². The molecule has 2 aromatic carbocycles. The number of benzene rings is 2. The minimum absolute atomic E-state index is 0.0522. The lowest BCUT2D eigenvalue weighted by atomic mass is 10.1. The monoisotopic (exact) mass is 510 g/mol. The Morgan fingerprint density at radius 3 is 2.47 bits per heavy atom. The van der Waals surface area contributed by atoms with Gasteiger partial charge in [0.1, 0.15) is 18.2 Å². The summed E-state index contributed by atoms with van der Waals surface area (Å²) < 4.78 is 52.2. The number of halogens is 1. The van der Waals surface area contributed by atoms with Gasteiger partial charge in [-0.2, -0.15) is 0 Å². The molecular formula is C27H27FN2O5S. The second-order valence-electron chi connectivity index (χ2n) is 9.42. The van der Waals surface area contributed by atoms with Crippen LogP contribution in [-0.4, -0.2) is 31.7 Å². The molecule has 0 radical (unpaired) electrons. The summed E-state index contributed by atoms with van der Waals surface area (Å²) in [4.78, 5) is 16.6. The molecule has 0 saturated heterocycles. The van der Waals surface area contributed by atoms with Crippen LogP contribution in [0.2, 0.25) is 0 Å². The third-order valence-corrected chi connectivity index (χ3v) is 7.58. The van der Waals surface area contributed by atoms with E-state index < -0.39 is 21.7 Å². The van der Waals surface area contributed by atoms with Gasteiger partial charge in [0.05, 0.1) is 12.4 Å². The molecule has 0 bridgehead atoms. The standard InChI is InChI=1S/C27H27FN2O5S/c28-25-13-21(27(31)30-36(32,33)17-19-6-7-19)8-9-23(25)16-34-24-3-1-2-20(12-24)22-10-11-26(29-14-22)35-15-18-4-5-18/h1-3,8-14,18-19H,4-7,15-17H2,(H,30,31). The van der Waals surface area contributed by atoms with Crippen molar-refractivity contribution >= 4 is 15.9 Å². The molecule has 9 heteroatoms. The number of rotatable bonds is 11. The molecule has 0 atom stereocenters. The minimum Gasteiger partial charge on any atom is -0.489 e. The molecule has 36 heavy (non-hydrogen) atoms. The Bertz CT molecular complexity index is 1350. The molecule has 1 N–H and O–H groups in total. The molecule has 188 valence electrons. The number of pyridine rings is 1. The van der Waals surface area contributed by atoms with Gasteiger partial charge in [-0.3, -0.25) is 4.79 Å². The maximum Gasteiger partial charge on any atom is 0.264 e. The van der Waals surface area contributed by atoms with Gasteiger partial charge < -0.3 is 9.47 Å². The number of amides is 1. The smallest absolute Gasteiger partial charge is 0.264 e. The summed E-state index contributed by atoms with van der Waals surface area (Å²) in [6, 6.07) is 15.0. The van der Waals surface area contributed by atoms with E-state index in [4.69, 9.17) is 9.47 Å². The Kier molecular flexibility index (Phi) is 6.91. The van der Waals surface area contributed by atoms with Crippen molar-refractivity contribution in [2.75, 3.05) is 12.4 Å². The van der Waals surface area contributed by atoms with E-state index in [2.05, 4.69) is 4.98 Å². The number of hydrogen-bond donors (Lipinski definition) is 1. The van der Waals surface area contributed by atoms with Gasteiger partial charge in [0.2, 0.25) is 15.9 Å². The maximum absolute atomic E-state index is 14.6. The predicted molar refractivity (Wildman–Crippen MR) is 133 cm³/mol. The van der Waals surface area contributed by atoms with Crippen LogP contribution in [-0.2, 0) is 16.6 Å². The first kappa shape index (κ1) is 24.2. The second-order valence-corrected chi connectivity index (χ2v) is 11.2. The van der Waals surface area contributed by atoms with Gasteiger partial charge in [0.15, 0.2) is 0 Å². The number of aromatic nitrogens is 1. The third kappa shape index (κ3) is 6.60. The topological polar surface area (TPSA) is 94.6 Å². The van der Waals surface area contributed by atoms with Crippen LogP contribution >= 0.6 is 0 Å². The molecular weight excluding hydrogens is 483 g/mol. The summed E-state index contributed by atoms with van der Waals surface area (Å²) in [5.41, 5.74) is 1.98. The van der Waals surface area contributed by atoms with Crippen LogP contribution < -0.4 is 14.2 Å². The van der Waals surface area contributed by atoms with Crippen LogP contribution in [0.4, 0.5) is 4.39 Å². The number of nitrogens with one attached hydrogen (secondary N) is 1. The van der Waals surface area contributed by atoms with Crippen molar-refractivity contribution in [3.05, 3.63) is 77.7 Å². The van der Waals surface area contributed by atoms with E-state index in [-0.39, 0.29) is 29.4 Å². The number of carbonyl (C=O) groups excluding carboxylic acids is 1. The molecule has 1 heterocycles. The molecule has 1 aromatic heterocycles. The quantitative estimate of drug-likeness (QED) is 0.401. The molecule has 5 rings (SSSR count). The third-order valence-electron chi connectivity index (χ3n) is 6.18. The number of carbonyl (C=O) groups is 1. The fraction of sp³-hybridized carbons (Fsp3) is 0.333. The van der Waals surface area contributed by atoms with E-state index in [1.54, 1.807) is 12.3 Å². The van der Waals surface area contributed by atoms with Gasteiger partial charge >= 0.3 is 0 Å². The maximum atomic E-state index is 14.6. The molecule has 0 aliphatic heterocycles. The Morgan fingerprint density at radius 1 is 0.972 bits per heavy atom. The van der Waals surface area contributed by atoms with Crippen LogP contribution in [0, 0.1) is 17.7 Å². The van der Waals surface area contributed by atoms with Gasteiger partial charge in [-0.05, 0) is 73.4 Å². The Balaban J connectivity index is 1.18. The lowest BCUT2D eigenvalue weighted by Crippen LogP contribution is -2.33. The second kappa shape index (κ2) is 10.3. The number of ether oxygens (including phenoxy) is 2. The molecule has 3 aromatic rings. The Labute approximate surface area is 209 Å². The lowest BCUT2D eigenvalue weighted by Gasteiger charge is -2.11. The summed E-state index contributed by atoms with van der Waals surface area (Å²) >= 11 is 0. The van der Waals surface area contributed by atoms with Crippen molar-refractivity contribution in [1.82, 2.24) is 9.71 Å². The number of sulfonamides is 1. The molecule has 2 aliphatic rings. The van der Waals surface area contributed by atoms with E-state index >= 15 is 0 Å². The van der Waals surface area contributed by atoms with E-state index in [9.17, 15) is 17.6 Å². The van der Waals surface area contributed by atoms with Crippen LogP contribution in [0.1, 0.15) is 41.6 Å². The highest BCUT2D eigenvalue weighted by Crippen LogP contribution is 2.31. The molecule has 1 amide bonds. The summed E-state index contributed by atoms with van der Waals surface area (Å²) in [5.74, 6) is 0.343. The summed E-state index contributed by atoms with van der Waals surface area (Å²) in [7, 11) is -3.73. The van der Waals surface area contributed by atoms with Crippen LogP contribution in [0.3, 0.4) is 0 Å². The highest BCUT2D eigenvalue weighted by atomic mass is 32.2. The van der Waals surface area contributed by atoms with Gasteiger partial charge in [0, 0.05) is 29.0 Å². The fourth-order valence-corrected chi connectivity index (χ4v) is 5.13. The fourth-order valence-electron chi connectivity index (χ4n) is 3.69. The van der Waals surface area contributed by atoms with Gasteiger partial charge in [0.25, 0.3) is 5.91 Å². The van der Waals surface area contributed by atoms with Crippen molar-refractivity contribution in [2.24, 2.45) is 11.8 Å². The Morgan fingerprint density at radius 2 is 1.78 bits per heavy atom. The minimum atomic E-state index is -3.73. The van der Waals surface area contributed by atoms with Crippen molar-refractivity contribution < 1.29 is 27.1 Å². The number of nitrogens with zero attached hydrogens (tertiary/aromatic N) is 1. The van der Waals surface area contributed by atoms with Gasteiger partial charge in [-0.25, -0.2) is 22.5 Å². The highest BCUT2D eigenvalue weighted by Gasteiger charge is 2.29. The summed E-state index contributed by atoms with van der Waals surface area (Å²) in [6.45, 7) is 0.654. The highest BCUT2D eigenvalue weighted by molar-refractivity contribution is 7.90. The molecule has 7 nitrogen and oxygen atoms in total. The molecule has 0 spiro atoms. The predicted octanol–water partition coefficient (Wildman–Crippen LogP) is 4.73. The average molecular weight is 511 g/mol. The molecule has 2 saturated carbocycles. The molecule has 2 aliphatic carbocycles. The van der Waals surface area contributed by atoms with E-state index in [1.165, 1.54) is 25.0 Å².